The molecule has 0 aromatic rings. The molecule has 2 nitrogen and oxygen atoms in total. The largest absolute Gasteiger partial charge is 0.370 e. The maximum atomic E-state index is 10.8. The van der Waals surface area contributed by atoms with Crippen LogP contribution >= 0.6 is 28.7 Å². The molecule has 1 atom stereocenters. The van der Waals surface area contributed by atoms with Gasteiger partial charge in [-0.15, -0.1) is 17.0 Å². The lowest BCUT2D eigenvalue weighted by Crippen LogP contribution is -2.39. The van der Waals surface area contributed by atoms with Crippen molar-refractivity contribution in [3.63, 3.8) is 0 Å². The first kappa shape index (κ1) is 10.0. The molecule has 0 aromatic heterocycles. The van der Waals surface area contributed by atoms with Crippen LogP contribution in [0, 0.1) is 0 Å². The molecule has 1 aliphatic heterocycles. The molecule has 10 heavy (non-hydrogen) atoms. The van der Waals surface area contributed by atoms with E-state index < -0.39 is 0 Å². The van der Waals surface area contributed by atoms with Crippen LogP contribution in [0.3, 0.4) is 0 Å². The zero-order chi connectivity index (χ0) is 6.91. The average molecular weight is 224 g/mol. The van der Waals surface area contributed by atoms with Crippen LogP contribution in [0.5, 0.6) is 0 Å². The first-order valence-corrected chi connectivity index (χ1v) is 3.65. The Kier molecular flexibility index (Phi) is 3.45. The quantitative estimate of drug-likeness (QED) is 0.734. The Balaban J connectivity index is 0.000000810. The summed E-state index contributed by atoms with van der Waals surface area (Å²) in [5.41, 5.74) is 0. The van der Waals surface area contributed by atoms with Gasteiger partial charge in [0.2, 0.25) is 0 Å². The van der Waals surface area contributed by atoms with Gasteiger partial charge < -0.3 is 5.32 Å². The minimum absolute atomic E-state index is 0. The van der Waals surface area contributed by atoms with Gasteiger partial charge in [0.25, 0.3) is 0 Å². The fraction of sp³-hybridized carbons (Fsp3) is 0.500. The number of hydrogen-bond acceptors (Lipinski definition) is 3. The second-order valence-electron chi connectivity index (χ2n) is 2.15. The van der Waals surface area contributed by atoms with E-state index in [-0.39, 0.29) is 27.6 Å². The maximum absolute atomic E-state index is 10.8. The first-order valence-electron chi connectivity index (χ1n) is 2.77. The molecule has 0 saturated carbocycles. The highest BCUT2D eigenvalue weighted by Crippen LogP contribution is 2.28. The molecule has 0 amide bonds. The van der Waals surface area contributed by atoms with E-state index in [9.17, 15) is 4.79 Å². The zero-order valence-electron chi connectivity index (χ0n) is 5.88. The van der Waals surface area contributed by atoms with Gasteiger partial charge in [-0.25, -0.2) is 0 Å². The highest BCUT2D eigenvalue weighted by Gasteiger charge is 2.30. The molecule has 0 spiro atoms. The van der Waals surface area contributed by atoms with Crippen LogP contribution in [0.1, 0.15) is 13.8 Å². The summed E-state index contributed by atoms with van der Waals surface area (Å²) in [6, 6.07) is 0. The van der Waals surface area contributed by atoms with Gasteiger partial charge in [-0.3, -0.25) is 4.79 Å². The molecule has 0 aromatic carbocycles. The van der Waals surface area contributed by atoms with E-state index in [1.54, 1.807) is 13.1 Å². The Morgan fingerprint density at radius 2 is 2.30 bits per heavy atom. The van der Waals surface area contributed by atoms with Gasteiger partial charge in [0.15, 0.2) is 5.78 Å². The normalized spacial score (nSPS) is 29.0. The van der Waals surface area contributed by atoms with Crippen molar-refractivity contribution >= 4 is 34.5 Å². The average Bonchev–Trinajstić information content (AvgIpc) is 2.16. The van der Waals surface area contributed by atoms with E-state index in [1.807, 2.05) is 12.3 Å². The standard InChI is InChI=1S/C6H9NOS.BrH/c1-5(8)6(2)7-3-4-9-6;/h3-4,7H,1-2H3;1H. The number of hydrogen-bond donors (Lipinski definition) is 1. The predicted molar refractivity (Wildman–Crippen MR) is 49.3 cm³/mol. The fourth-order valence-electron chi connectivity index (χ4n) is 0.582. The Labute approximate surface area is 75.2 Å². The molecule has 0 saturated heterocycles. The summed E-state index contributed by atoms with van der Waals surface area (Å²) in [5, 5.41) is 4.86. The topological polar surface area (TPSA) is 29.1 Å². The number of rotatable bonds is 1. The van der Waals surface area contributed by atoms with E-state index >= 15 is 0 Å². The van der Waals surface area contributed by atoms with Crippen LogP contribution in [0.25, 0.3) is 0 Å². The molecule has 0 radical (unpaired) electrons. The maximum Gasteiger partial charge on any atom is 0.165 e. The van der Waals surface area contributed by atoms with Crippen molar-refractivity contribution in [2.75, 3.05) is 0 Å². The molecule has 0 bridgehead atoms. The lowest BCUT2D eigenvalue weighted by atomic mass is 10.2. The molecular weight excluding hydrogens is 214 g/mol. The van der Waals surface area contributed by atoms with Crippen molar-refractivity contribution in [2.24, 2.45) is 0 Å². The Bertz CT molecular complexity index is 161. The van der Waals surface area contributed by atoms with E-state index in [2.05, 4.69) is 5.32 Å². The van der Waals surface area contributed by atoms with Crippen LogP contribution in [-0.2, 0) is 4.79 Å². The number of nitrogens with one attached hydrogen (secondary N) is 1. The lowest BCUT2D eigenvalue weighted by molar-refractivity contribution is -0.119. The minimum Gasteiger partial charge on any atom is -0.370 e. The van der Waals surface area contributed by atoms with Crippen molar-refractivity contribution in [2.45, 2.75) is 18.7 Å². The van der Waals surface area contributed by atoms with Gasteiger partial charge in [-0.05, 0) is 19.3 Å². The summed E-state index contributed by atoms with van der Waals surface area (Å²) in [6.07, 6.45) is 1.80. The van der Waals surface area contributed by atoms with Gasteiger partial charge >= 0.3 is 0 Å². The molecule has 1 aliphatic rings. The van der Waals surface area contributed by atoms with Crippen LogP contribution in [-0.4, -0.2) is 10.7 Å². The fourth-order valence-corrected chi connectivity index (χ4v) is 1.29. The SMILES string of the molecule is Br.CC(=O)C1(C)NC=CS1. The van der Waals surface area contributed by atoms with E-state index in [4.69, 9.17) is 0 Å². The van der Waals surface area contributed by atoms with Crippen molar-refractivity contribution in [1.82, 2.24) is 5.32 Å². The van der Waals surface area contributed by atoms with Crippen LogP contribution in [0.4, 0.5) is 0 Å². The molecule has 1 heterocycles. The third kappa shape index (κ3) is 1.76. The third-order valence-electron chi connectivity index (χ3n) is 1.40. The summed E-state index contributed by atoms with van der Waals surface area (Å²) in [4.78, 5) is 10.5. The van der Waals surface area contributed by atoms with Crippen molar-refractivity contribution < 1.29 is 4.79 Å². The van der Waals surface area contributed by atoms with Gasteiger partial charge in [-0.2, -0.15) is 0 Å². The molecule has 0 aliphatic carbocycles. The second kappa shape index (κ2) is 3.44. The number of carbonyl (C=O) groups excluding carboxylic acids is 1. The first-order chi connectivity index (χ1) is 4.15. The summed E-state index contributed by atoms with van der Waals surface area (Å²) < 4.78 is 0. The van der Waals surface area contributed by atoms with E-state index in [0.29, 0.717) is 0 Å². The molecule has 58 valence electrons. The summed E-state index contributed by atoms with van der Waals surface area (Å²) in [7, 11) is 0. The summed E-state index contributed by atoms with van der Waals surface area (Å²) >= 11 is 1.51. The minimum atomic E-state index is -0.389. The monoisotopic (exact) mass is 223 g/mol. The summed E-state index contributed by atoms with van der Waals surface area (Å²) in [5.74, 6) is 0.164. The Morgan fingerprint density at radius 3 is 2.50 bits per heavy atom. The van der Waals surface area contributed by atoms with Gasteiger partial charge in [0.05, 0.1) is 0 Å². The molecule has 1 unspecified atom stereocenters. The molecule has 0 fully saturated rings. The van der Waals surface area contributed by atoms with Gasteiger partial charge in [-0.1, -0.05) is 11.8 Å². The molecule has 1 N–H and O–H groups in total. The highest BCUT2D eigenvalue weighted by atomic mass is 79.9. The number of Topliss-reactive ketones (excluding diaryl/α,β-unsaturated/α-hetero) is 1. The molecule has 4 heteroatoms. The number of thioether (sulfide) groups is 1. The smallest absolute Gasteiger partial charge is 0.165 e. The Morgan fingerprint density at radius 1 is 1.70 bits per heavy atom. The van der Waals surface area contributed by atoms with Crippen molar-refractivity contribution in [3.05, 3.63) is 11.6 Å². The Hall–Kier alpha value is 0.0400. The van der Waals surface area contributed by atoms with Crippen LogP contribution in [0.15, 0.2) is 11.6 Å². The summed E-state index contributed by atoms with van der Waals surface area (Å²) in [6.45, 7) is 3.47. The second-order valence-corrected chi connectivity index (χ2v) is 3.48. The van der Waals surface area contributed by atoms with Crippen molar-refractivity contribution in [1.29, 1.82) is 0 Å². The van der Waals surface area contributed by atoms with Gasteiger partial charge in [0, 0.05) is 6.20 Å². The number of halogens is 1. The van der Waals surface area contributed by atoms with Crippen LogP contribution in [0.2, 0.25) is 0 Å². The number of ketones is 1. The van der Waals surface area contributed by atoms with E-state index in [1.165, 1.54) is 11.8 Å². The highest BCUT2D eigenvalue weighted by molar-refractivity contribution is 8.93. The van der Waals surface area contributed by atoms with Gasteiger partial charge in [0.1, 0.15) is 4.87 Å². The van der Waals surface area contributed by atoms with Crippen molar-refractivity contribution in [3.8, 4) is 0 Å². The third-order valence-corrected chi connectivity index (χ3v) is 2.55. The molecular formula is C6H10BrNOS. The zero-order valence-corrected chi connectivity index (χ0v) is 8.41. The van der Waals surface area contributed by atoms with E-state index in [0.717, 1.165) is 0 Å². The molecule has 1 rings (SSSR count). The predicted octanol–water partition coefficient (Wildman–Crippen LogP) is 1.68. The lowest BCUT2D eigenvalue weighted by Gasteiger charge is -2.19. The van der Waals surface area contributed by atoms with Crippen LogP contribution < -0.4 is 5.32 Å². The number of carbonyl (C=O) groups is 1.